The summed E-state index contributed by atoms with van der Waals surface area (Å²) in [4.78, 5) is 19.7. The molecular formula is C17H14ClF4N5O2. The molecule has 7 nitrogen and oxygen atoms in total. The van der Waals surface area contributed by atoms with Gasteiger partial charge in [-0.15, -0.1) is 0 Å². The number of ether oxygens (including phenoxy) is 1. The molecule has 1 N–H and O–H groups in total. The van der Waals surface area contributed by atoms with Gasteiger partial charge in [-0.2, -0.15) is 13.9 Å². The van der Waals surface area contributed by atoms with E-state index >= 15 is 0 Å². The Kier molecular flexibility index (Phi) is 5.87. The SMILES string of the molecule is CNC(=O)c1nccc2nn(Cc3cnc(OCC(F)(F)C(F)F)c(Cl)c3)cc12. The average Bonchev–Trinajstić information content (AvgIpc) is 3.08. The van der Waals surface area contributed by atoms with Gasteiger partial charge < -0.3 is 10.1 Å². The molecule has 0 saturated heterocycles. The molecule has 0 aliphatic heterocycles. The zero-order valence-corrected chi connectivity index (χ0v) is 15.6. The van der Waals surface area contributed by atoms with E-state index < -0.39 is 19.0 Å². The molecule has 3 aromatic heterocycles. The van der Waals surface area contributed by atoms with Crippen LogP contribution in [0.1, 0.15) is 16.1 Å². The largest absolute Gasteiger partial charge is 0.470 e. The zero-order valence-electron chi connectivity index (χ0n) is 14.9. The third-order valence-corrected chi connectivity index (χ3v) is 4.12. The summed E-state index contributed by atoms with van der Waals surface area (Å²) in [7, 11) is 1.49. The van der Waals surface area contributed by atoms with E-state index in [9.17, 15) is 22.4 Å². The lowest BCUT2D eigenvalue weighted by molar-refractivity contribution is -0.148. The first kappa shape index (κ1) is 20.8. The first-order valence-corrected chi connectivity index (χ1v) is 8.56. The number of fused-ring (bicyclic) bond motifs is 1. The molecule has 0 spiro atoms. The average molecular weight is 432 g/mol. The Labute approximate surface area is 166 Å². The molecule has 0 radical (unpaired) electrons. The van der Waals surface area contributed by atoms with Gasteiger partial charge in [0.1, 0.15) is 10.7 Å². The number of halogens is 5. The van der Waals surface area contributed by atoms with Gasteiger partial charge >= 0.3 is 12.3 Å². The van der Waals surface area contributed by atoms with Crippen LogP contribution in [0.3, 0.4) is 0 Å². The number of hydrogen-bond acceptors (Lipinski definition) is 5. The first-order chi connectivity index (χ1) is 13.7. The summed E-state index contributed by atoms with van der Waals surface area (Å²) >= 11 is 5.96. The van der Waals surface area contributed by atoms with E-state index in [-0.39, 0.29) is 29.0 Å². The molecule has 3 aromatic rings. The number of aromatic nitrogens is 4. The van der Waals surface area contributed by atoms with Crippen LogP contribution < -0.4 is 10.1 Å². The highest BCUT2D eigenvalue weighted by Gasteiger charge is 2.42. The van der Waals surface area contributed by atoms with Gasteiger partial charge in [-0.25, -0.2) is 13.8 Å². The summed E-state index contributed by atoms with van der Waals surface area (Å²) in [6.07, 6.45) is 0.522. The van der Waals surface area contributed by atoms with Crippen molar-refractivity contribution in [2.45, 2.75) is 18.9 Å². The fraction of sp³-hybridized carbons (Fsp3) is 0.294. The van der Waals surface area contributed by atoms with Crippen molar-refractivity contribution in [3.8, 4) is 5.88 Å². The topological polar surface area (TPSA) is 81.9 Å². The molecule has 0 aliphatic rings. The number of carbonyl (C=O) groups excluding carboxylic acids is 1. The van der Waals surface area contributed by atoms with Gasteiger partial charge in [-0.3, -0.25) is 14.5 Å². The zero-order chi connectivity index (χ0) is 21.2. The van der Waals surface area contributed by atoms with E-state index in [1.165, 1.54) is 30.2 Å². The number of nitrogens with one attached hydrogen (secondary N) is 1. The standard InChI is InChI=1S/C17H14ClF4N5O2/c1-23-14(28)13-10-7-27(26-12(10)2-3-24-13)6-9-4-11(18)15(25-5-9)29-8-17(21,22)16(19)20/h2-5,7,16H,6,8H2,1H3,(H,23,28). The van der Waals surface area contributed by atoms with Crippen molar-refractivity contribution < 1.29 is 27.1 Å². The number of carbonyl (C=O) groups is 1. The minimum Gasteiger partial charge on any atom is -0.470 e. The molecule has 0 atom stereocenters. The molecule has 1 amide bonds. The van der Waals surface area contributed by atoms with Crippen molar-refractivity contribution >= 4 is 28.4 Å². The van der Waals surface area contributed by atoms with Crippen LogP contribution in [0.4, 0.5) is 17.6 Å². The minimum absolute atomic E-state index is 0.114. The summed E-state index contributed by atoms with van der Waals surface area (Å²) in [6.45, 7) is -1.35. The molecule has 154 valence electrons. The highest BCUT2D eigenvalue weighted by atomic mass is 35.5. The van der Waals surface area contributed by atoms with E-state index in [2.05, 4.69) is 25.1 Å². The van der Waals surface area contributed by atoms with Crippen molar-refractivity contribution in [2.75, 3.05) is 13.7 Å². The lowest BCUT2D eigenvalue weighted by Crippen LogP contribution is -2.34. The van der Waals surface area contributed by atoms with Gasteiger partial charge in [0.2, 0.25) is 5.88 Å². The lowest BCUT2D eigenvalue weighted by atomic mass is 10.2. The molecule has 0 saturated carbocycles. The Hall–Kier alpha value is -2.95. The highest BCUT2D eigenvalue weighted by Crippen LogP contribution is 2.27. The van der Waals surface area contributed by atoms with E-state index in [0.717, 1.165) is 0 Å². The summed E-state index contributed by atoms with van der Waals surface area (Å²) in [5.41, 5.74) is 1.31. The van der Waals surface area contributed by atoms with Gasteiger partial charge in [0.15, 0.2) is 6.61 Å². The quantitative estimate of drug-likeness (QED) is 0.581. The van der Waals surface area contributed by atoms with Crippen LogP contribution in [0.15, 0.2) is 30.7 Å². The first-order valence-electron chi connectivity index (χ1n) is 8.18. The van der Waals surface area contributed by atoms with Gasteiger partial charge in [0.05, 0.1) is 17.4 Å². The van der Waals surface area contributed by atoms with Crippen molar-refractivity contribution in [2.24, 2.45) is 0 Å². The number of nitrogens with zero attached hydrogens (tertiary/aromatic N) is 4. The van der Waals surface area contributed by atoms with Crippen LogP contribution in [-0.4, -0.2) is 51.7 Å². The van der Waals surface area contributed by atoms with Crippen LogP contribution >= 0.6 is 11.6 Å². The molecule has 0 unspecified atom stereocenters. The number of rotatable bonds is 7. The van der Waals surface area contributed by atoms with Crippen LogP contribution in [0.25, 0.3) is 10.9 Å². The maximum Gasteiger partial charge on any atom is 0.340 e. The van der Waals surface area contributed by atoms with E-state index in [1.807, 2.05) is 0 Å². The summed E-state index contributed by atoms with van der Waals surface area (Å²) in [5, 5.41) is 7.26. The molecule has 12 heteroatoms. The fourth-order valence-electron chi connectivity index (χ4n) is 2.45. The number of hydrogen-bond donors (Lipinski definition) is 1. The third kappa shape index (κ3) is 4.56. The van der Waals surface area contributed by atoms with Crippen molar-refractivity contribution in [1.29, 1.82) is 0 Å². The van der Waals surface area contributed by atoms with E-state index in [4.69, 9.17) is 11.6 Å². The Morgan fingerprint density at radius 2 is 2.14 bits per heavy atom. The van der Waals surface area contributed by atoms with Crippen molar-refractivity contribution in [3.63, 3.8) is 0 Å². The van der Waals surface area contributed by atoms with Gasteiger partial charge in [0, 0.05) is 25.6 Å². The molecule has 29 heavy (non-hydrogen) atoms. The van der Waals surface area contributed by atoms with Crippen LogP contribution in [0, 0.1) is 0 Å². The Balaban J connectivity index is 1.77. The number of pyridine rings is 2. The lowest BCUT2D eigenvalue weighted by Gasteiger charge is -2.16. The second-order valence-electron chi connectivity index (χ2n) is 5.98. The normalized spacial score (nSPS) is 11.8. The predicted octanol–water partition coefficient (Wildman–Crippen LogP) is 3.17. The van der Waals surface area contributed by atoms with E-state index in [0.29, 0.717) is 16.5 Å². The summed E-state index contributed by atoms with van der Waals surface area (Å²) < 4.78 is 56.4. The second kappa shape index (κ2) is 8.19. The predicted molar refractivity (Wildman–Crippen MR) is 95.7 cm³/mol. The smallest absolute Gasteiger partial charge is 0.340 e. The van der Waals surface area contributed by atoms with Crippen LogP contribution in [0.5, 0.6) is 5.88 Å². The van der Waals surface area contributed by atoms with Gasteiger partial charge in [-0.1, -0.05) is 11.6 Å². The Morgan fingerprint density at radius 1 is 1.38 bits per heavy atom. The maximum atomic E-state index is 13.0. The summed E-state index contributed by atoms with van der Waals surface area (Å²) in [6, 6.07) is 3.04. The maximum absolute atomic E-state index is 13.0. The van der Waals surface area contributed by atoms with Crippen LogP contribution in [0.2, 0.25) is 5.02 Å². The molecule has 3 heterocycles. The van der Waals surface area contributed by atoms with Crippen LogP contribution in [-0.2, 0) is 6.54 Å². The van der Waals surface area contributed by atoms with Crippen molar-refractivity contribution in [1.82, 2.24) is 25.1 Å². The number of alkyl halides is 4. The molecule has 3 rings (SSSR count). The molecular weight excluding hydrogens is 418 g/mol. The summed E-state index contributed by atoms with van der Waals surface area (Å²) in [5.74, 6) is -5.05. The van der Waals surface area contributed by atoms with Gasteiger partial charge in [0.25, 0.3) is 5.91 Å². The third-order valence-electron chi connectivity index (χ3n) is 3.85. The molecule has 0 bridgehead atoms. The Morgan fingerprint density at radius 3 is 2.79 bits per heavy atom. The highest BCUT2D eigenvalue weighted by molar-refractivity contribution is 6.31. The van der Waals surface area contributed by atoms with Crippen molar-refractivity contribution in [3.05, 3.63) is 47.0 Å². The number of amides is 1. The van der Waals surface area contributed by atoms with E-state index in [1.54, 1.807) is 12.3 Å². The minimum atomic E-state index is -4.31. The monoisotopic (exact) mass is 431 g/mol. The molecule has 0 fully saturated rings. The second-order valence-corrected chi connectivity index (χ2v) is 6.39. The molecule has 0 aliphatic carbocycles. The van der Waals surface area contributed by atoms with Gasteiger partial charge in [-0.05, 0) is 17.7 Å². The fourth-order valence-corrected chi connectivity index (χ4v) is 2.69. The molecule has 0 aromatic carbocycles. The Bertz CT molecular complexity index is 1040.